The van der Waals surface area contributed by atoms with Crippen molar-refractivity contribution in [2.75, 3.05) is 33.2 Å². The van der Waals surface area contributed by atoms with Crippen LogP contribution < -0.4 is 0 Å². The highest BCUT2D eigenvalue weighted by Crippen LogP contribution is 1.96. The van der Waals surface area contributed by atoms with Gasteiger partial charge in [0.15, 0.2) is 0 Å². The molecule has 2 fully saturated rings. The molecule has 0 aromatic heterocycles. The minimum Gasteiger partial charge on any atom is -0.355 e. The van der Waals surface area contributed by atoms with E-state index >= 15 is 0 Å². The Balaban J connectivity index is 0.000000132. The molecule has 0 bridgehead atoms. The number of ether oxygens (including phenoxy) is 2. The van der Waals surface area contributed by atoms with Crippen LogP contribution in [-0.4, -0.2) is 33.2 Å². The predicted molar refractivity (Wildman–Crippen MR) is 43.6 cm³/mol. The summed E-state index contributed by atoms with van der Waals surface area (Å²) in [5.41, 5.74) is 0. The highest BCUT2D eigenvalue weighted by Gasteiger charge is 1.96. The molecule has 0 aromatic rings. The Morgan fingerprint density at radius 3 is 1.62 bits per heavy atom. The third kappa shape index (κ3) is 6.92. The van der Waals surface area contributed by atoms with E-state index in [1.807, 2.05) is 0 Å². The summed E-state index contributed by atoms with van der Waals surface area (Å²) >= 11 is 0. The van der Waals surface area contributed by atoms with Crippen molar-refractivity contribution < 1.29 is 24.3 Å². The van der Waals surface area contributed by atoms with Crippen LogP contribution in [0.15, 0.2) is 0 Å². The fourth-order valence-corrected chi connectivity index (χ4v) is 0.864. The van der Waals surface area contributed by atoms with Gasteiger partial charge in [-0.1, -0.05) is 5.04 Å². The highest BCUT2D eigenvalue weighted by molar-refractivity contribution is 4.38. The lowest BCUT2D eigenvalue weighted by Gasteiger charge is -2.06. The average Bonchev–Trinajstić information content (AvgIpc) is 2.53. The molecule has 0 atom stereocenters. The van der Waals surface area contributed by atoms with Gasteiger partial charge in [0.2, 0.25) is 0 Å². The molecule has 0 unspecified atom stereocenters. The Morgan fingerprint density at radius 2 is 1.23 bits per heavy atom. The van der Waals surface area contributed by atoms with Crippen molar-refractivity contribution in [1.82, 2.24) is 0 Å². The van der Waals surface area contributed by atoms with Crippen LogP contribution in [0.4, 0.5) is 0 Å². The first-order valence-electron chi connectivity index (χ1n) is 4.57. The zero-order chi connectivity index (χ0) is 9.19. The Bertz CT molecular complexity index is 73.5. The average molecular weight is 192 g/mol. The fraction of sp³-hybridized carbons (Fsp3) is 1.00. The summed E-state index contributed by atoms with van der Waals surface area (Å²) in [6.45, 7) is 3.56. The summed E-state index contributed by atoms with van der Waals surface area (Å²) in [5, 5.41) is 4.07. The topological polar surface area (TPSA) is 46.2 Å². The van der Waals surface area contributed by atoms with E-state index in [1.165, 1.54) is 0 Å². The molecule has 2 saturated heterocycles. The van der Waals surface area contributed by atoms with Crippen molar-refractivity contribution in [3.63, 3.8) is 0 Å². The van der Waals surface area contributed by atoms with Crippen LogP contribution in [-0.2, 0) is 24.3 Å². The van der Waals surface area contributed by atoms with Gasteiger partial charge in [0.25, 0.3) is 0 Å². The summed E-state index contributed by atoms with van der Waals surface area (Å²) in [5.74, 6) is 0. The first-order valence-corrected chi connectivity index (χ1v) is 4.57. The summed E-state index contributed by atoms with van der Waals surface area (Å²) < 4.78 is 9.94. The van der Waals surface area contributed by atoms with Crippen molar-refractivity contribution in [2.45, 2.75) is 19.3 Å². The molecule has 0 amide bonds. The lowest BCUT2D eigenvalue weighted by molar-refractivity contribution is -0.532. The zero-order valence-corrected chi connectivity index (χ0v) is 7.70. The maximum atomic E-state index is 4.97. The van der Waals surface area contributed by atoms with Crippen LogP contribution >= 0.6 is 0 Å². The van der Waals surface area contributed by atoms with E-state index in [-0.39, 0.29) is 0 Å². The summed E-state index contributed by atoms with van der Waals surface area (Å²) in [6.07, 6.45) is 3.24. The molecular formula is C8H16O5. The van der Waals surface area contributed by atoms with Crippen LogP contribution in [0, 0.1) is 0 Å². The monoisotopic (exact) mass is 192 g/mol. The van der Waals surface area contributed by atoms with E-state index in [1.54, 1.807) is 0 Å². The van der Waals surface area contributed by atoms with E-state index < -0.39 is 0 Å². The molecule has 13 heavy (non-hydrogen) atoms. The quantitative estimate of drug-likeness (QED) is 0.537. The molecule has 0 spiro atoms. The van der Waals surface area contributed by atoms with Gasteiger partial charge in [0.05, 0.1) is 13.2 Å². The lowest BCUT2D eigenvalue weighted by Crippen LogP contribution is -2.08. The molecule has 5 heteroatoms. The molecule has 0 aliphatic carbocycles. The van der Waals surface area contributed by atoms with E-state index in [0.717, 1.165) is 32.5 Å². The molecule has 0 aromatic carbocycles. The standard InChI is InChI=1S/C5H10O2.C3H6O3/c1-2-4-7-5-6-3-1;1-2-4-6-5-3-1/h1-5H2;1-3H2. The molecule has 2 rings (SSSR count). The van der Waals surface area contributed by atoms with E-state index in [2.05, 4.69) is 14.8 Å². The number of hydrogen-bond donors (Lipinski definition) is 0. The van der Waals surface area contributed by atoms with Gasteiger partial charge in [-0.05, 0) is 12.8 Å². The van der Waals surface area contributed by atoms with Gasteiger partial charge in [-0.25, -0.2) is 9.78 Å². The van der Waals surface area contributed by atoms with E-state index in [4.69, 9.17) is 9.47 Å². The summed E-state index contributed by atoms with van der Waals surface area (Å²) in [6, 6.07) is 0. The van der Waals surface area contributed by atoms with Crippen molar-refractivity contribution in [2.24, 2.45) is 0 Å². The van der Waals surface area contributed by atoms with Gasteiger partial charge in [0.1, 0.15) is 6.79 Å². The SMILES string of the molecule is C1CCOCOC1.C1COOOC1. The zero-order valence-electron chi connectivity index (χ0n) is 7.70. The smallest absolute Gasteiger partial charge is 0.146 e. The maximum Gasteiger partial charge on any atom is 0.146 e. The Hall–Kier alpha value is -0.200. The maximum absolute atomic E-state index is 4.97. The van der Waals surface area contributed by atoms with Crippen LogP contribution in [0.3, 0.4) is 0 Å². The van der Waals surface area contributed by atoms with Crippen molar-refractivity contribution in [3.8, 4) is 0 Å². The molecule has 2 aliphatic rings. The van der Waals surface area contributed by atoms with E-state index in [9.17, 15) is 0 Å². The van der Waals surface area contributed by atoms with Gasteiger partial charge < -0.3 is 9.47 Å². The first-order chi connectivity index (χ1) is 6.50. The molecule has 2 aliphatic heterocycles. The van der Waals surface area contributed by atoms with Crippen LogP contribution in [0.25, 0.3) is 0 Å². The van der Waals surface area contributed by atoms with E-state index in [0.29, 0.717) is 20.0 Å². The lowest BCUT2D eigenvalue weighted by atomic mass is 10.3. The Kier molecular flexibility index (Phi) is 7.03. The molecule has 5 nitrogen and oxygen atoms in total. The minimum absolute atomic E-state index is 0.500. The van der Waals surface area contributed by atoms with Gasteiger partial charge in [-0.2, -0.15) is 0 Å². The second kappa shape index (κ2) is 8.40. The van der Waals surface area contributed by atoms with Crippen molar-refractivity contribution in [3.05, 3.63) is 0 Å². The summed E-state index contributed by atoms with van der Waals surface area (Å²) in [7, 11) is 0. The highest BCUT2D eigenvalue weighted by atomic mass is 17.5. The Morgan fingerprint density at radius 1 is 0.615 bits per heavy atom. The largest absolute Gasteiger partial charge is 0.355 e. The normalized spacial score (nSPS) is 24.0. The van der Waals surface area contributed by atoms with Crippen LogP contribution in [0.5, 0.6) is 0 Å². The van der Waals surface area contributed by atoms with Crippen molar-refractivity contribution in [1.29, 1.82) is 0 Å². The third-order valence-electron chi connectivity index (χ3n) is 1.55. The first kappa shape index (κ1) is 10.9. The number of hydrogen-bond acceptors (Lipinski definition) is 5. The van der Waals surface area contributed by atoms with Crippen LogP contribution in [0.1, 0.15) is 19.3 Å². The van der Waals surface area contributed by atoms with Crippen molar-refractivity contribution >= 4 is 0 Å². The Labute approximate surface area is 77.7 Å². The predicted octanol–water partition coefficient (Wildman–Crippen LogP) is 1.04. The molecule has 2 heterocycles. The summed E-state index contributed by atoms with van der Waals surface area (Å²) in [4.78, 5) is 8.69. The third-order valence-corrected chi connectivity index (χ3v) is 1.55. The fourth-order valence-electron chi connectivity index (χ4n) is 0.864. The second-order valence-corrected chi connectivity index (χ2v) is 2.71. The second-order valence-electron chi connectivity index (χ2n) is 2.71. The molecule has 78 valence electrons. The molecule has 0 N–H and O–H groups in total. The minimum atomic E-state index is 0.500. The molecule has 0 radical (unpaired) electrons. The van der Waals surface area contributed by atoms with Gasteiger partial charge >= 0.3 is 0 Å². The van der Waals surface area contributed by atoms with Gasteiger partial charge in [-0.3, -0.25) is 0 Å². The number of rotatable bonds is 0. The molecular weight excluding hydrogens is 176 g/mol. The van der Waals surface area contributed by atoms with Gasteiger partial charge in [-0.15, -0.1) is 0 Å². The van der Waals surface area contributed by atoms with Gasteiger partial charge in [0, 0.05) is 19.6 Å². The molecule has 0 saturated carbocycles. The van der Waals surface area contributed by atoms with Crippen LogP contribution in [0.2, 0.25) is 0 Å².